The summed E-state index contributed by atoms with van der Waals surface area (Å²) in [6, 6.07) is 8.53. The lowest BCUT2D eigenvalue weighted by molar-refractivity contribution is 0.256. The summed E-state index contributed by atoms with van der Waals surface area (Å²) < 4.78 is 72.6. The van der Waals surface area contributed by atoms with E-state index in [1.807, 2.05) is 5.32 Å². The fourth-order valence-corrected chi connectivity index (χ4v) is 5.10. The molecule has 2 rings (SSSR count). The van der Waals surface area contributed by atoms with E-state index < -0.39 is 51.6 Å². The Morgan fingerprint density at radius 1 is 0.778 bits per heavy atom. The molecule has 2 amide bonds. The molecule has 0 saturated carbocycles. The number of hydrogen-bond acceptors (Lipinski definition) is 7. The number of rotatable bonds is 5. The van der Waals surface area contributed by atoms with E-state index in [9.17, 15) is 30.0 Å². The van der Waals surface area contributed by atoms with Crippen molar-refractivity contribution < 1.29 is 30.0 Å². The Morgan fingerprint density at radius 2 is 1.37 bits per heavy atom. The van der Waals surface area contributed by atoms with Crippen molar-refractivity contribution in [3.63, 3.8) is 0 Å². The van der Waals surface area contributed by atoms with Crippen molar-refractivity contribution in [2.24, 2.45) is 10.3 Å². The second-order valence-corrected chi connectivity index (χ2v) is 9.81. The summed E-state index contributed by atoms with van der Waals surface area (Å²) >= 11 is 0. The van der Waals surface area contributed by atoms with Crippen LogP contribution in [0.15, 0.2) is 63.2 Å². The molecule has 14 heteroatoms. The average Bonchev–Trinajstić information content (AvgIpc) is 2.53. The molecule has 2 aromatic carbocycles. The molecule has 0 unspecified atom stereocenters. The van der Waals surface area contributed by atoms with Crippen LogP contribution in [0.2, 0.25) is 0 Å². The van der Waals surface area contributed by atoms with Gasteiger partial charge in [0, 0.05) is 0 Å². The average molecular weight is 434 g/mol. The monoisotopic (exact) mass is 434 g/mol. The Kier molecular flexibility index (Phi) is 5.58. The lowest BCUT2D eigenvalue weighted by Gasteiger charge is -2.13. The van der Waals surface area contributed by atoms with Crippen LogP contribution in [0.4, 0.5) is 10.5 Å². The van der Waals surface area contributed by atoms with E-state index >= 15 is 0 Å². The third-order valence-corrected chi connectivity index (χ3v) is 6.54. The molecule has 11 nitrogen and oxygen atoms in total. The minimum atomic E-state index is -4.64. The minimum Gasteiger partial charge on any atom is -0.306 e. The van der Waals surface area contributed by atoms with Gasteiger partial charge in [0.15, 0.2) is 0 Å². The van der Waals surface area contributed by atoms with E-state index in [4.69, 9.17) is 10.3 Å². The van der Waals surface area contributed by atoms with Crippen LogP contribution in [0.25, 0.3) is 0 Å². The Morgan fingerprint density at radius 3 is 1.89 bits per heavy atom. The van der Waals surface area contributed by atoms with Gasteiger partial charge in [0.25, 0.3) is 10.0 Å². The van der Waals surface area contributed by atoms with E-state index in [1.165, 1.54) is 24.3 Å². The summed E-state index contributed by atoms with van der Waals surface area (Å²) in [7, 11) is -13.4. The highest BCUT2D eigenvalue weighted by Gasteiger charge is 2.27. The molecule has 0 radical (unpaired) electrons. The summed E-state index contributed by atoms with van der Waals surface area (Å²) in [6.07, 6.45) is 0. The van der Waals surface area contributed by atoms with Gasteiger partial charge in [-0.2, -0.15) is 0 Å². The van der Waals surface area contributed by atoms with Crippen molar-refractivity contribution in [3.05, 3.63) is 48.5 Å². The van der Waals surface area contributed by atoms with Gasteiger partial charge >= 0.3 is 6.03 Å². The van der Waals surface area contributed by atoms with Crippen molar-refractivity contribution in [3.8, 4) is 0 Å². The first-order valence-electron chi connectivity index (χ1n) is 6.90. The van der Waals surface area contributed by atoms with E-state index in [0.717, 1.165) is 18.2 Å². The van der Waals surface area contributed by atoms with Crippen LogP contribution in [0.1, 0.15) is 0 Å². The normalized spacial score (nSPS) is 12.4. The minimum absolute atomic E-state index is 0.217. The molecule has 0 aliphatic rings. The number of amides is 2. The Labute approximate surface area is 155 Å². The maximum absolute atomic E-state index is 12.1. The van der Waals surface area contributed by atoms with Gasteiger partial charge in [0.05, 0.1) is 10.6 Å². The zero-order valence-electron chi connectivity index (χ0n) is 13.4. The molecule has 0 spiro atoms. The van der Waals surface area contributed by atoms with Crippen molar-refractivity contribution in [2.75, 3.05) is 5.32 Å². The first-order chi connectivity index (χ1) is 12.3. The van der Waals surface area contributed by atoms with Gasteiger partial charge in [-0.3, -0.25) is 0 Å². The third kappa shape index (κ3) is 5.01. The number of primary sulfonamides is 2. The van der Waals surface area contributed by atoms with Crippen LogP contribution in [-0.2, 0) is 30.1 Å². The number of urea groups is 1. The molecule has 2 aromatic rings. The Balaban J connectivity index is 2.42. The van der Waals surface area contributed by atoms with E-state index in [-0.39, 0.29) is 4.90 Å². The van der Waals surface area contributed by atoms with Crippen LogP contribution in [0.5, 0.6) is 0 Å². The molecular weight excluding hydrogens is 420 g/mol. The Hall–Kier alpha value is -2.52. The maximum atomic E-state index is 12.1. The van der Waals surface area contributed by atoms with Crippen molar-refractivity contribution in [1.29, 1.82) is 0 Å². The summed E-state index contributed by atoms with van der Waals surface area (Å²) in [5.74, 6) is 0. The first-order valence-corrected chi connectivity index (χ1v) is 11.5. The largest absolute Gasteiger partial charge is 0.333 e. The number of nitrogens with one attached hydrogen (secondary N) is 2. The summed E-state index contributed by atoms with van der Waals surface area (Å²) in [4.78, 5) is 9.98. The van der Waals surface area contributed by atoms with E-state index in [2.05, 4.69) is 0 Å². The third-order valence-electron chi connectivity index (χ3n) is 3.10. The molecule has 0 bridgehead atoms. The van der Waals surface area contributed by atoms with Gasteiger partial charge in [-0.05, 0) is 24.3 Å². The highest BCUT2D eigenvalue weighted by atomic mass is 32.2. The summed E-state index contributed by atoms with van der Waals surface area (Å²) in [5.41, 5.74) is -0.565. The molecule has 146 valence electrons. The van der Waals surface area contributed by atoms with Gasteiger partial charge in [-0.15, -0.1) is 0 Å². The summed E-state index contributed by atoms with van der Waals surface area (Å²) in [5, 5.41) is 11.9. The van der Waals surface area contributed by atoms with Crippen LogP contribution >= 0.6 is 0 Å². The fraction of sp³-hybridized carbons (Fsp3) is 0. The van der Waals surface area contributed by atoms with Gasteiger partial charge in [-0.1, -0.05) is 24.3 Å². The molecular formula is C13H14N4O7S3. The second kappa shape index (κ2) is 7.24. The zero-order valence-corrected chi connectivity index (χ0v) is 15.8. The lowest BCUT2D eigenvalue weighted by atomic mass is 10.3. The molecule has 6 N–H and O–H groups in total. The molecule has 0 aliphatic carbocycles. The Bertz CT molecular complexity index is 1190. The molecule has 27 heavy (non-hydrogen) atoms. The number of hydrogen-bond donors (Lipinski definition) is 4. The van der Waals surface area contributed by atoms with Crippen LogP contribution < -0.4 is 20.3 Å². The van der Waals surface area contributed by atoms with Gasteiger partial charge in [-0.25, -0.2) is 45.0 Å². The topological polar surface area (TPSA) is 196 Å². The van der Waals surface area contributed by atoms with Gasteiger partial charge in [0.2, 0.25) is 20.0 Å². The molecule has 0 aliphatic heterocycles. The quantitative estimate of drug-likeness (QED) is 0.486. The highest BCUT2D eigenvalue weighted by Crippen LogP contribution is 2.27. The first kappa shape index (κ1) is 20.8. The molecule has 0 saturated heterocycles. The lowest BCUT2D eigenvalue weighted by Crippen LogP contribution is -2.35. The highest BCUT2D eigenvalue weighted by molar-refractivity contribution is 7.92. The second-order valence-electron chi connectivity index (χ2n) is 5.10. The smallest absolute Gasteiger partial charge is 0.306 e. The van der Waals surface area contributed by atoms with Crippen molar-refractivity contribution in [2.45, 2.75) is 14.7 Å². The molecule has 0 heterocycles. The summed E-state index contributed by atoms with van der Waals surface area (Å²) in [6.45, 7) is 0. The zero-order chi connectivity index (χ0) is 20.5. The number of anilines is 1. The van der Waals surface area contributed by atoms with Crippen LogP contribution in [0.3, 0.4) is 0 Å². The van der Waals surface area contributed by atoms with E-state index in [1.54, 1.807) is 10.8 Å². The maximum Gasteiger partial charge on any atom is 0.333 e. The number of benzene rings is 2. The number of carbonyl (C=O) groups excluding carboxylic acids is 1. The van der Waals surface area contributed by atoms with Crippen molar-refractivity contribution in [1.82, 2.24) is 4.72 Å². The van der Waals surface area contributed by atoms with E-state index in [0.29, 0.717) is 0 Å². The van der Waals surface area contributed by atoms with Crippen LogP contribution in [0, 0.1) is 0 Å². The van der Waals surface area contributed by atoms with Gasteiger partial charge < -0.3 is 5.32 Å². The van der Waals surface area contributed by atoms with Crippen molar-refractivity contribution >= 4 is 41.8 Å². The predicted molar refractivity (Wildman–Crippen MR) is 95.0 cm³/mol. The number of carbonyl (C=O) groups is 1. The molecule has 0 fully saturated rings. The molecule has 0 aromatic heterocycles. The van der Waals surface area contributed by atoms with Gasteiger partial charge in [0.1, 0.15) is 9.79 Å². The number of nitrogens with two attached hydrogens (primary N) is 2. The fourth-order valence-electron chi connectivity index (χ4n) is 2.06. The molecule has 0 atom stereocenters. The predicted octanol–water partition coefficient (Wildman–Crippen LogP) is -0.508. The standard InChI is InChI=1S/C13H14N4O7S3/c14-25(19,20)11-8-4-7-10(12(11)26(15,21)22)16-13(18)17-27(23,24)9-5-2-1-3-6-9/h1-8H,(H2,14,19,20)(H2,15,21,22)(H2,16,17,18). The number of sulfonamides is 3. The SMILES string of the molecule is NS(=O)(=O)c1cccc(NC(=O)NS(=O)(=O)c2ccccc2)c1S(N)(=O)=O. The van der Waals surface area contributed by atoms with Crippen LogP contribution in [-0.4, -0.2) is 31.3 Å².